The van der Waals surface area contributed by atoms with Crippen LogP contribution < -0.4 is 5.32 Å². The van der Waals surface area contributed by atoms with E-state index in [0.717, 1.165) is 25.2 Å². The van der Waals surface area contributed by atoms with Crippen LogP contribution in [0, 0.1) is 0 Å². The van der Waals surface area contributed by atoms with Gasteiger partial charge in [-0.15, -0.1) is 0 Å². The topological polar surface area (TPSA) is 45.2 Å². The second-order valence-electron chi connectivity index (χ2n) is 5.26. The molecule has 3 rings (SSSR count). The molecular weight excluding hydrogens is 262 g/mol. The third-order valence-electron chi connectivity index (χ3n) is 3.79. The van der Waals surface area contributed by atoms with Gasteiger partial charge in [0.05, 0.1) is 12.2 Å². The summed E-state index contributed by atoms with van der Waals surface area (Å²) in [6.07, 6.45) is 2.71. The molecule has 0 spiro atoms. The van der Waals surface area contributed by atoms with Gasteiger partial charge in [0.1, 0.15) is 0 Å². The molecule has 1 aromatic carbocycles. The highest BCUT2D eigenvalue weighted by Gasteiger charge is 2.19. The van der Waals surface area contributed by atoms with E-state index in [0.29, 0.717) is 13.1 Å². The van der Waals surface area contributed by atoms with Crippen molar-refractivity contribution in [2.24, 2.45) is 0 Å². The monoisotopic (exact) mass is 281 g/mol. The standard InChI is InChI=1S/C17H19N3O/c21-17(12-18-11-16-7-3-4-9-19-16)20-10-8-14-5-1-2-6-15(14)13-20/h1-7,9,18H,8,10-13H2. The minimum absolute atomic E-state index is 0.153. The number of amides is 1. The van der Waals surface area contributed by atoms with Gasteiger partial charge in [0.15, 0.2) is 0 Å². The lowest BCUT2D eigenvalue weighted by molar-refractivity contribution is -0.131. The van der Waals surface area contributed by atoms with Gasteiger partial charge in [-0.3, -0.25) is 9.78 Å². The zero-order valence-corrected chi connectivity index (χ0v) is 12.0. The van der Waals surface area contributed by atoms with Gasteiger partial charge in [-0.05, 0) is 29.7 Å². The molecule has 0 saturated carbocycles. The molecule has 0 bridgehead atoms. The lowest BCUT2D eigenvalue weighted by atomic mass is 10.00. The molecule has 1 amide bonds. The SMILES string of the molecule is O=C(CNCc1ccccn1)N1CCc2ccccc2C1. The van der Waals surface area contributed by atoms with Crippen LogP contribution >= 0.6 is 0 Å². The molecule has 0 fully saturated rings. The van der Waals surface area contributed by atoms with E-state index >= 15 is 0 Å². The van der Waals surface area contributed by atoms with Gasteiger partial charge in [-0.2, -0.15) is 0 Å². The summed E-state index contributed by atoms with van der Waals surface area (Å²) in [4.78, 5) is 18.4. The van der Waals surface area contributed by atoms with Crippen LogP contribution in [-0.4, -0.2) is 28.9 Å². The van der Waals surface area contributed by atoms with Crippen molar-refractivity contribution >= 4 is 5.91 Å². The van der Waals surface area contributed by atoms with Crippen molar-refractivity contribution in [3.63, 3.8) is 0 Å². The molecule has 4 nitrogen and oxygen atoms in total. The maximum absolute atomic E-state index is 12.2. The Labute approximate surface area is 124 Å². The number of fused-ring (bicyclic) bond motifs is 1. The quantitative estimate of drug-likeness (QED) is 0.929. The van der Waals surface area contributed by atoms with Crippen LogP contribution in [0.2, 0.25) is 0 Å². The molecule has 108 valence electrons. The first-order valence-electron chi connectivity index (χ1n) is 7.28. The number of carbonyl (C=O) groups is 1. The summed E-state index contributed by atoms with van der Waals surface area (Å²) in [6.45, 7) is 2.51. The minimum atomic E-state index is 0.153. The van der Waals surface area contributed by atoms with Gasteiger partial charge >= 0.3 is 0 Å². The van der Waals surface area contributed by atoms with Crippen LogP contribution in [0.15, 0.2) is 48.7 Å². The van der Waals surface area contributed by atoms with E-state index in [4.69, 9.17) is 0 Å². The first-order chi connectivity index (χ1) is 10.3. The van der Waals surface area contributed by atoms with Gasteiger partial charge < -0.3 is 10.2 Å². The molecule has 0 atom stereocenters. The number of pyridine rings is 1. The average molecular weight is 281 g/mol. The minimum Gasteiger partial charge on any atom is -0.337 e. The van der Waals surface area contributed by atoms with Crippen molar-refractivity contribution in [1.82, 2.24) is 15.2 Å². The van der Waals surface area contributed by atoms with Crippen LogP contribution in [0.1, 0.15) is 16.8 Å². The second-order valence-corrected chi connectivity index (χ2v) is 5.26. The van der Waals surface area contributed by atoms with Gasteiger partial charge in [-0.25, -0.2) is 0 Å². The number of aromatic nitrogens is 1. The predicted octanol–water partition coefficient (Wildman–Crippen LogP) is 1.76. The number of hydrogen-bond donors (Lipinski definition) is 1. The zero-order chi connectivity index (χ0) is 14.5. The Hall–Kier alpha value is -2.20. The second kappa shape index (κ2) is 6.50. The summed E-state index contributed by atoms with van der Waals surface area (Å²) in [5.41, 5.74) is 3.58. The third-order valence-corrected chi connectivity index (χ3v) is 3.79. The zero-order valence-electron chi connectivity index (χ0n) is 12.0. The Kier molecular flexibility index (Phi) is 4.26. The van der Waals surface area contributed by atoms with Gasteiger partial charge in [-0.1, -0.05) is 30.3 Å². The fraction of sp³-hybridized carbons (Fsp3) is 0.294. The Bertz CT molecular complexity index is 612. The number of benzene rings is 1. The Morgan fingerprint density at radius 1 is 1.14 bits per heavy atom. The summed E-state index contributed by atoms with van der Waals surface area (Å²) in [5, 5.41) is 3.17. The highest BCUT2D eigenvalue weighted by molar-refractivity contribution is 5.78. The highest BCUT2D eigenvalue weighted by Crippen LogP contribution is 2.18. The van der Waals surface area contributed by atoms with E-state index < -0.39 is 0 Å². The summed E-state index contributed by atoms with van der Waals surface area (Å²) in [7, 11) is 0. The Morgan fingerprint density at radius 2 is 1.95 bits per heavy atom. The summed E-state index contributed by atoms with van der Waals surface area (Å²) >= 11 is 0. The van der Waals surface area contributed by atoms with Crippen molar-refractivity contribution in [1.29, 1.82) is 0 Å². The average Bonchev–Trinajstić information content (AvgIpc) is 2.55. The lowest BCUT2D eigenvalue weighted by Crippen LogP contribution is -2.41. The van der Waals surface area contributed by atoms with Crippen molar-refractivity contribution in [2.45, 2.75) is 19.5 Å². The first kappa shape index (κ1) is 13.8. The molecule has 0 saturated heterocycles. The van der Waals surface area contributed by atoms with Crippen molar-refractivity contribution in [3.8, 4) is 0 Å². The molecule has 0 unspecified atom stereocenters. The predicted molar refractivity (Wildman–Crippen MR) is 81.5 cm³/mol. The number of rotatable bonds is 4. The molecule has 0 radical (unpaired) electrons. The first-order valence-corrected chi connectivity index (χ1v) is 7.28. The number of carbonyl (C=O) groups excluding carboxylic acids is 1. The molecule has 1 N–H and O–H groups in total. The number of hydrogen-bond acceptors (Lipinski definition) is 3. The van der Waals surface area contributed by atoms with E-state index in [1.165, 1.54) is 11.1 Å². The largest absolute Gasteiger partial charge is 0.337 e. The number of nitrogens with zero attached hydrogens (tertiary/aromatic N) is 2. The number of nitrogens with one attached hydrogen (secondary N) is 1. The van der Waals surface area contributed by atoms with E-state index in [1.807, 2.05) is 29.2 Å². The van der Waals surface area contributed by atoms with Crippen LogP contribution in [0.25, 0.3) is 0 Å². The van der Waals surface area contributed by atoms with E-state index in [-0.39, 0.29) is 5.91 Å². The molecule has 1 aromatic heterocycles. The van der Waals surface area contributed by atoms with Crippen LogP contribution in [-0.2, 0) is 24.3 Å². The third kappa shape index (κ3) is 3.47. The Balaban J connectivity index is 1.50. The smallest absolute Gasteiger partial charge is 0.236 e. The van der Waals surface area contributed by atoms with E-state index in [1.54, 1.807) is 6.20 Å². The van der Waals surface area contributed by atoms with E-state index in [9.17, 15) is 4.79 Å². The fourth-order valence-electron chi connectivity index (χ4n) is 2.62. The molecule has 4 heteroatoms. The molecule has 21 heavy (non-hydrogen) atoms. The van der Waals surface area contributed by atoms with Crippen molar-refractivity contribution < 1.29 is 4.79 Å². The van der Waals surface area contributed by atoms with Gasteiger partial charge in [0.2, 0.25) is 5.91 Å². The lowest BCUT2D eigenvalue weighted by Gasteiger charge is -2.29. The van der Waals surface area contributed by atoms with Crippen molar-refractivity contribution in [2.75, 3.05) is 13.1 Å². The fourth-order valence-corrected chi connectivity index (χ4v) is 2.62. The summed E-state index contributed by atoms with van der Waals surface area (Å²) < 4.78 is 0. The maximum atomic E-state index is 12.2. The molecule has 1 aliphatic heterocycles. The van der Waals surface area contributed by atoms with Gasteiger partial charge in [0.25, 0.3) is 0 Å². The molecule has 0 aliphatic carbocycles. The van der Waals surface area contributed by atoms with Gasteiger partial charge in [0, 0.05) is 25.8 Å². The summed E-state index contributed by atoms with van der Waals surface area (Å²) in [5.74, 6) is 0.153. The Morgan fingerprint density at radius 3 is 2.76 bits per heavy atom. The molecule has 1 aliphatic rings. The molecular formula is C17H19N3O. The molecule has 2 aromatic rings. The van der Waals surface area contributed by atoms with Crippen LogP contribution in [0.4, 0.5) is 0 Å². The van der Waals surface area contributed by atoms with Crippen LogP contribution in [0.3, 0.4) is 0 Å². The van der Waals surface area contributed by atoms with E-state index in [2.05, 4.69) is 28.5 Å². The maximum Gasteiger partial charge on any atom is 0.236 e. The molecule has 2 heterocycles. The highest BCUT2D eigenvalue weighted by atomic mass is 16.2. The van der Waals surface area contributed by atoms with Crippen LogP contribution in [0.5, 0.6) is 0 Å². The summed E-state index contributed by atoms with van der Waals surface area (Å²) in [6, 6.07) is 14.1. The van der Waals surface area contributed by atoms with Crippen molar-refractivity contribution in [3.05, 3.63) is 65.5 Å². The normalized spacial score (nSPS) is 13.8.